The molecule has 0 amide bonds. The fourth-order valence-corrected chi connectivity index (χ4v) is 4.08. The quantitative estimate of drug-likeness (QED) is 0.468. The van der Waals surface area contributed by atoms with Crippen LogP contribution in [0.5, 0.6) is 0 Å². The van der Waals surface area contributed by atoms with Gasteiger partial charge in [0.25, 0.3) is 0 Å². The lowest BCUT2D eigenvalue weighted by molar-refractivity contribution is 0.315. The minimum atomic E-state index is -3.43. The maximum atomic E-state index is 12.1. The number of hydrogen-bond acceptors (Lipinski definition) is 9. The zero-order valence-corrected chi connectivity index (χ0v) is 16.5. The Balaban J connectivity index is 1.68. The van der Waals surface area contributed by atoms with Gasteiger partial charge >= 0.3 is 0 Å². The van der Waals surface area contributed by atoms with E-state index in [0.29, 0.717) is 33.4 Å². The Bertz CT molecular complexity index is 1510. The molecule has 10 heteroatoms. The van der Waals surface area contributed by atoms with Gasteiger partial charge in [-0.25, -0.2) is 13.0 Å². The van der Waals surface area contributed by atoms with Gasteiger partial charge in [-0.05, 0) is 46.2 Å². The van der Waals surface area contributed by atoms with Gasteiger partial charge < -0.3 is 5.32 Å². The maximum Gasteiger partial charge on any atom is 0.177 e. The van der Waals surface area contributed by atoms with E-state index >= 15 is 0 Å². The van der Waals surface area contributed by atoms with E-state index in [0.717, 1.165) is 17.4 Å². The molecule has 9 nitrogen and oxygen atoms in total. The van der Waals surface area contributed by atoms with Gasteiger partial charge in [0.2, 0.25) is 0 Å². The zero-order valence-electron chi connectivity index (χ0n) is 15.6. The molecule has 0 saturated heterocycles. The van der Waals surface area contributed by atoms with Crippen LogP contribution in [0.3, 0.4) is 0 Å². The average Bonchev–Trinajstić information content (AvgIpc) is 3.21. The predicted octanol–water partition coefficient (Wildman–Crippen LogP) is 3.38. The lowest BCUT2D eigenvalue weighted by atomic mass is 10.0. The predicted molar refractivity (Wildman–Crippen MR) is 111 cm³/mol. The third kappa shape index (κ3) is 3.22. The molecule has 3 aromatic heterocycles. The Labute approximate surface area is 170 Å². The summed E-state index contributed by atoms with van der Waals surface area (Å²) in [6, 6.07) is 10.7. The Morgan fingerprint density at radius 3 is 2.60 bits per heavy atom. The molecule has 5 aromatic rings. The number of fused-ring (bicyclic) bond motifs is 2. The first kappa shape index (κ1) is 18.1. The van der Waals surface area contributed by atoms with Crippen molar-refractivity contribution in [3.05, 3.63) is 61.2 Å². The molecular weight excluding hydrogens is 404 g/mol. The monoisotopic (exact) mass is 418 g/mol. The third-order valence-electron chi connectivity index (χ3n) is 4.60. The molecule has 0 aliphatic rings. The molecule has 0 bridgehead atoms. The van der Waals surface area contributed by atoms with Crippen molar-refractivity contribution in [3.8, 4) is 11.1 Å². The van der Waals surface area contributed by atoms with Gasteiger partial charge in [-0.3, -0.25) is 15.0 Å². The summed E-state index contributed by atoms with van der Waals surface area (Å²) in [5.41, 5.74) is 5.31. The second-order valence-corrected chi connectivity index (χ2v) is 8.67. The van der Waals surface area contributed by atoms with Crippen LogP contribution in [0.4, 0.5) is 11.4 Å². The summed E-state index contributed by atoms with van der Waals surface area (Å²) in [6.07, 6.45) is 7.31. The first-order valence-electron chi connectivity index (χ1n) is 8.87. The fraction of sp³-hybridized carbons (Fsp3) is 0.0500. The highest BCUT2D eigenvalue weighted by Crippen LogP contribution is 2.33. The second-order valence-electron chi connectivity index (χ2n) is 6.68. The molecule has 3 heterocycles. The van der Waals surface area contributed by atoms with Crippen LogP contribution >= 0.6 is 0 Å². The van der Waals surface area contributed by atoms with Crippen LogP contribution in [0, 0.1) is 0 Å². The molecule has 0 aliphatic heterocycles. The summed E-state index contributed by atoms with van der Waals surface area (Å²) in [4.78, 5) is 13.1. The minimum absolute atomic E-state index is 0.161. The lowest BCUT2D eigenvalue weighted by Crippen LogP contribution is -2.03. The SMILES string of the molecule is CS(=O)(=O)c1ccncc1Nc1cc(-c2ccc3nonc3c2)c2nccnc2c1. The Morgan fingerprint density at radius 2 is 1.73 bits per heavy atom. The summed E-state index contributed by atoms with van der Waals surface area (Å²) in [6.45, 7) is 0. The molecule has 30 heavy (non-hydrogen) atoms. The van der Waals surface area contributed by atoms with Crippen LogP contribution < -0.4 is 5.32 Å². The number of nitrogens with zero attached hydrogens (tertiary/aromatic N) is 5. The molecule has 0 radical (unpaired) electrons. The number of hydrogen-bond donors (Lipinski definition) is 1. The number of nitrogens with one attached hydrogen (secondary N) is 1. The number of sulfone groups is 1. The molecular formula is C20H14N6O3S. The highest BCUT2D eigenvalue weighted by Gasteiger charge is 2.15. The summed E-state index contributed by atoms with van der Waals surface area (Å²) in [5.74, 6) is 0. The van der Waals surface area contributed by atoms with Crippen molar-refractivity contribution in [1.29, 1.82) is 0 Å². The van der Waals surface area contributed by atoms with E-state index in [9.17, 15) is 8.42 Å². The van der Waals surface area contributed by atoms with E-state index in [-0.39, 0.29) is 4.90 Å². The van der Waals surface area contributed by atoms with E-state index in [1.807, 2.05) is 24.3 Å². The normalized spacial score (nSPS) is 11.8. The Morgan fingerprint density at radius 1 is 0.900 bits per heavy atom. The summed E-state index contributed by atoms with van der Waals surface area (Å²) < 4.78 is 29.1. The van der Waals surface area contributed by atoms with E-state index in [1.165, 1.54) is 18.5 Å². The third-order valence-corrected chi connectivity index (χ3v) is 5.75. The maximum absolute atomic E-state index is 12.1. The zero-order chi connectivity index (χ0) is 20.7. The van der Waals surface area contributed by atoms with Gasteiger partial charge in [0.1, 0.15) is 11.0 Å². The lowest BCUT2D eigenvalue weighted by Gasteiger charge is -2.13. The van der Waals surface area contributed by atoms with Gasteiger partial charge in [-0.2, -0.15) is 0 Å². The van der Waals surface area contributed by atoms with E-state index in [2.05, 4.69) is 30.6 Å². The number of rotatable bonds is 4. The average molecular weight is 418 g/mol. The van der Waals surface area contributed by atoms with Gasteiger partial charge in [0.05, 0.1) is 27.8 Å². The first-order chi connectivity index (χ1) is 14.5. The number of benzene rings is 2. The van der Waals surface area contributed by atoms with Crippen LogP contribution in [-0.4, -0.2) is 39.9 Å². The number of aromatic nitrogens is 5. The molecule has 5 rings (SSSR count). The highest BCUT2D eigenvalue weighted by molar-refractivity contribution is 7.90. The van der Waals surface area contributed by atoms with E-state index in [1.54, 1.807) is 18.5 Å². The van der Waals surface area contributed by atoms with Crippen molar-refractivity contribution in [2.75, 3.05) is 11.6 Å². The van der Waals surface area contributed by atoms with Crippen molar-refractivity contribution in [3.63, 3.8) is 0 Å². The molecule has 0 unspecified atom stereocenters. The Hall–Kier alpha value is -3.92. The van der Waals surface area contributed by atoms with Crippen LogP contribution in [0.15, 0.2) is 70.7 Å². The largest absolute Gasteiger partial charge is 0.353 e. The molecule has 1 N–H and O–H groups in total. The summed E-state index contributed by atoms with van der Waals surface area (Å²) in [5, 5.41) is 10.9. The van der Waals surface area contributed by atoms with E-state index in [4.69, 9.17) is 4.63 Å². The molecule has 148 valence electrons. The molecule has 0 aliphatic carbocycles. The smallest absolute Gasteiger partial charge is 0.177 e. The van der Waals surface area contributed by atoms with Crippen LogP contribution in [0.2, 0.25) is 0 Å². The van der Waals surface area contributed by atoms with Gasteiger partial charge in [-0.1, -0.05) is 6.07 Å². The van der Waals surface area contributed by atoms with Crippen LogP contribution in [0.25, 0.3) is 33.2 Å². The van der Waals surface area contributed by atoms with Gasteiger partial charge in [-0.15, -0.1) is 0 Å². The number of anilines is 2. The van der Waals surface area contributed by atoms with Crippen molar-refractivity contribution in [2.45, 2.75) is 4.90 Å². The van der Waals surface area contributed by atoms with Crippen molar-refractivity contribution in [1.82, 2.24) is 25.3 Å². The first-order valence-corrected chi connectivity index (χ1v) is 10.8. The Kier molecular flexibility index (Phi) is 4.14. The molecule has 0 atom stereocenters. The summed E-state index contributed by atoms with van der Waals surface area (Å²) >= 11 is 0. The minimum Gasteiger partial charge on any atom is -0.353 e. The molecule has 0 saturated carbocycles. The van der Waals surface area contributed by atoms with Crippen molar-refractivity contribution < 1.29 is 13.0 Å². The topological polar surface area (TPSA) is 124 Å². The fourth-order valence-electron chi connectivity index (χ4n) is 3.27. The van der Waals surface area contributed by atoms with Gasteiger partial charge in [0.15, 0.2) is 9.84 Å². The molecule has 0 spiro atoms. The van der Waals surface area contributed by atoms with Crippen LogP contribution in [0.1, 0.15) is 0 Å². The summed E-state index contributed by atoms with van der Waals surface area (Å²) in [7, 11) is -3.43. The second kappa shape index (κ2) is 6.85. The highest BCUT2D eigenvalue weighted by atomic mass is 32.2. The molecule has 2 aromatic carbocycles. The van der Waals surface area contributed by atoms with E-state index < -0.39 is 9.84 Å². The van der Waals surface area contributed by atoms with Gasteiger partial charge in [0, 0.05) is 36.1 Å². The van der Waals surface area contributed by atoms with Crippen molar-refractivity contribution in [2.24, 2.45) is 0 Å². The van der Waals surface area contributed by atoms with Crippen molar-refractivity contribution >= 4 is 43.3 Å². The molecule has 0 fully saturated rings. The standard InChI is InChI=1S/C20H14N6O3S/c1-30(27,28)19-4-5-21-11-18(19)24-13-9-14(20-17(10-13)22-6-7-23-20)12-2-3-15-16(8-12)26-29-25-15/h2-11,24H,1H3. The van der Waals surface area contributed by atoms with Crippen LogP contribution in [-0.2, 0) is 9.84 Å². The number of pyridine rings is 1.